The smallest absolute Gasteiger partial charge is 0.238 e. The van der Waals surface area contributed by atoms with Crippen LogP contribution >= 0.6 is 15.9 Å². The van der Waals surface area contributed by atoms with E-state index in [1.54, 1.807) is 0 Å². The van der Waals surface area contributed by atoms with Gasteiger partial charge >= 0.3 is 0 Å². The Bertz CT molecular complexity index is 505. The minimum atomic E-state index is 0.0598. The number of halogens is 1. The molecule has 2 aliphatic rings. The van der Waals surface area contributed by atoms with E-state index in [-0.39, 0.29) is 5.91 Å². The van der Waals surface area contributed by atoms with Crippen molar-refractivity contribution in [3.63, 3.8) is 0 Å². The van der Waals surface area contributed by atoms with Gasteiger partial charge in [0.1, 0.15) is 0 Å². The van der Waals surface area contributed by atoms with Crippen LogP contribution < -0.4 is 11.1 Å². The second kappa shape index (κ2) is 6.46. The zero-order chi connectivity index (χ0) is 14.8. The van der Waals surface area contributed by atoms with E-state index in [1.165, 1.54) is 12.8 Å². The lowest BCUT2D eigenvalue weighted by atomic mass is 9.78. The van der Waals surface area contributed by atoms with Gasteiger partial charge < -0.3 is 11.1 Å². The van der Waals surface area contributed by atoms with E-state index < -0.39 is 0 Å². The number of benzene rings is 1. The highest BCUT2D eigenvalue weighted by Crippen LogP contribution is 2.35. The molecule has 2 fully saturated rings. The highest BCUT2D eigenvalue weighted by Gasteiger charge is 2.38. The maximum atomic E-state index is 12.1. The van der Waals surface area contributed by atoms with Gasteiger partial charge in [0.05, 0.1) is 6.54 Å². The van der Waals surface area contributed by atoms with Gasteiger partial charge in [-0.25, -0.2) is 0 Å². The van der Waals surface area contributed by atoms with Crippen molar-refractivity contribution in [3.8, 4) is 0 Å². The van der Waals surface area contributed by atoms with Gasteiger partial charge in [0, 0.05) is 29.3 Å². The molecule has 0 radical (unpaired) electrons. The van der Waals surface area contributed by atoms with Crippen molar-refractivity contribution < 1.29 is 4.79 Å². The summed E-state index contributed by atoms with van der Waals surface area (Å²) >= 11 is 3.39. The molecule has 1 amide bonds. The molecular weight excluding hydrogens is 330 g/mol. The van der Waals surface area contributed by atoms with E-state index >= 15 is 0 Å². The summed E-state index contributed by atoms with van der Waals surface area (Å²) in [5.41, 5.74) is 7.06. The molecule has 1 aromatic carbocycles. The Morgan fingerprint density at radius 1 is 1.29 bits per heavy atom. The fraction of sp³-hybridized carbons (Fsp3) is 0.562. The molecule has 3 atom stereocenters. The molecule has 21 heavy (non-hydrogen) atoms. The summed E-state index contributed by atoms with van der Waals surface area (Å²) < 4.78 is 1.01. The highest BCUT2D eigenvalue weighted by atomic mass is 79.9. The quantitative estimate of drug-likeness (QED) is 0.879. The average Bonchev–Trinajstić information content (AvgIpc) is 2.85. The number of nitrogens with zero attached hydrogens (tertiary/aromatic N) is 1. The first-order chi connectivity index (χ1) is 10.1. The number of rotatable bonds is 3. The highest BCUT2D eigenvalue weighted by molar-refractivity contribution is 9.10. The number of likely N-dealkylation sites (tertiary alicyclic amines) is 1. The zero-order valence-electron chi connectivity index (χ0n) is 12.1. The molecular formula is C16H22BrN3O. The van der Waals surface area contributed by atoms with Crippen LogP contribution in [0, 0.1) is 11.8 Å². The van der Waals surface area contributed by atoms with Gasteiger partial charge in [0.2, 0.25) is 5.91 Å². The van der Waals surface area contributed by atoms with E-state index in [0.717, 1.165) is 29.7 Å². The van der Waals surface area contributed by atoms with E-state index in [4.69, 9.17) is 5.73 Å². The predicted octanol–water partition coefficient (Wildman–Crippen LogP) is 2.45. The molecule has 3 rings (SSSR count). The first kappa shape index (κ1) is 15.0. The van der Waals surface area contributed by atoms with Crippen LogP contribution in [-0.2, 0) is 4.79 Å². The van der Waals surface area contributed by atoms with Gasteiger partial charge in [-0.05, 0) is 48.9 Å². The number of carbonyl (C=O) groups excluding carboxylic acids is 1. The third-order valence-corrected chi connectivity index (χ3v) is 5.25. The first-order valence-corrected chi connectivity index (χ1v) is 8.44. The first-order valence-electron chi connectivity index (χ1n) is 7.65. The Balaban J connectivity index is 1.52. The van der Waals surface area contributed by atoms with E-state index in [1.807, 2.05) is 24.3 Å². The predicted molar refractivity (Wildman–Crippen MR) is 88.0 cm³/mol. The number of nitrogens with two attached hydrogens (primary N) is 1. The van der Waals surface area contributed by atoms with Crippen LogP contribution in [0.25, 0.3) is 0 Å². The Labute approximate surface area is 134 Å². The summed E-state index contributed by atoms with van der Waals surface area (Å²) in [5.74, 6) is 1.33. The van der Waals surface area contributed by atoms with Crippen LogP contribution in [0.5, 0.6) is 0 Å². The number of nitrogens with one attached hydrogen (secondary N) is 1. The minimum Gasteiger partial charge on any atom is -0.327 e. The van der Waals surface area contributed by atoms with Crippen molar-refractivity contribution in [2.45, 2.75) is 25.3 Å². The number of fused-ring (bicyclic) bond motifs is 1. The third-order valence-electron chi connectivity index (χ3n) is 4.72. The topological polar surface area (TPSA) is 58.4 Å². The van der Waals surface area contributed by atoms with Gasteiger partial charge in [0.25, 0.3) is 0 Å². The van der Waals surface area contributed by atoms with Gasteiger partial charge in [-0.1, -0.05) is 22.4 Å². The van der Waals surface area contributed by atoms with Crippen molar-refractivity contribution in [1.29, 1.82) is 0 Å². The van der Waals surface area contributed by atoms with Crippen LogP contribution in [0.3, 0.4) is 0 Å². The number of hydrogen-bond donors (Lipinski definition) is 2. The lowest BCUT2D eigenvalue weighted by Gasteiger charge is -2.29. The lowest BCUT2D eigenvalue weighted by Crippen LogP contribution is -2.38. The van der Waals surface area contributed by atoms with Gasteiger partial charge in [0.15, 0.2) is 0 Å². The molecule has 3 N–H and O–H groups in total. The molecule has 1 saturated carbocycles. The monoisotopic (exact) mass is 351 g/mol. The Kier molecular flexibility index (Phi) is 4.62. The maximum absolute atomic E-state index is 12.1. The third kappa shape index (κ3) is 3.65. The molecule has 3 unspecified atom stereocenters. The van der Waals surface area contributed by atoms with Crippen molar-refractivity contribution >= 4 is 27.5 Å². The Morgan fingerprint density at radius 3 is 2.76 bits per heavy atom. The Hall–Kier alpha value is -0.910. The molecule has 114 valence electrons. The summed E-state index contributed by atoms with van der Waals surface area (Å²) in [4.78, 5) is 14.4. The molecule has 5 heteroatoms. The zero-order valence-corrected chi connectivity index (χ0v) is 13.7. The van der Waals surface area contributed by atoms with Gasteiger partial charge in [-0.2, -0.15) is 0 Å². The van der Waals surface area contributed by atoms with Crippen molar-refractivity contribution in [2.24, 2.45) is 17.6 Å². The molecule has 0 bridgehead atoms. The summed E-state index contributed by atoms with van der Waals surface area (Å²) in [5, 5.41) is 2.96. The van der Waals surface area contributed by atoms with E-state index in [2.05, 4.69) is 26.1 Å². The van der Waals surface area contributed by atoms with E-state index in [0.29, 0.717) is 24.4 Å². The molecule has 1 aliphatic heterocycles. The van der Waals surface area contributed by atoms with Gasteiger partial charge in [-0.15, -0.1) is 0 Å². The number of amides is 1. The standard InChI is InChI=1S/C16H22BrN3O/c17-12-4-6-13(7-5-12)19-16(21)10-20-8-11-2-1-3-15(18)14(11)9-20/h4-7,11,14-15H,1-3,8-10,18H2,(H,19,21). The molecule has 0 spiro atoms. The second-order valence-electron chi connectivity index (χ2n) is 6.27. The SMILES string of the molecule is NC1CCCC2CN(CC(=O)Nc3ccc(Br)cc3)CC12. The molecule has 4 nitrogen and oxygen atoms in total. The molecule has 0 aromatic heterocycles. The van der Waals surface area contributed by atoms with Crippen LogP contribution in [0.15, 0.2) is 28.7 Å². The number of hydrogen-bond acceptors (Lipinski definition) is 3. The van der Waals surface area contributed by atoms with Crippen LogP contribution in [0.1, 0.15) is 19.3 Å². The fourth-order valence-corrected chi connectivity index (χ4v) is 3.94. The van der Waals surface area contributed by atoms with E-state index in [9.17, 15) is 4.79 Å². The van der Waals surface area contributed by atoms with Crippen LogP contribution in [0.4, 0.5) is 5.69 Å². The maximum Gasteiger partial charge on any atom is 0.238 e. The van der Waals surface area contributed by atoms with Crippen molar-refractivity contribution in [2.75, 3.05) is 25.0 Å². The molecule has 1 aromatic rings. The van der Waals surface area contributed by atoms with Gasteiger partial charge in [-0.3, -0.25) is 9.69 Å². The average molecular weight is 352 g/mol. The number of carbonyl (C=O) groups is 1. The fourth-order valence-electron chi connectivity index (χ4n) is 3.67. The van der Waals surface area contributed by atoms with Crippen molar-refractivity contribution in [1.82, 2.24) is 4.90 Å². The van der Waals surface area contributed by atoms with Crippen LogP contribution in [0.2, 0.25) is 0 Å². The molecule has 1 aliphatic carbocycles. The normalized spacial score (nSPS) is 29.1. The largest absolute Gasteiger partial charge is 0.327 e. The summed E-state index contributed by atoms with van der Waals surface area (Å²) in [7, 11) is 0. The minimum absolute atomic E-state index is 0.0598. The summed E-state index contributed by atoms with van der Waals surface area (Å²) in [6.45, 7) is 2.46. The number of anilines is 1. The lowest BCUT2D eigenvalue weighted by molar-refractivity contribution is -0.117. The van der Waals surface area contributed by atoms with Crippen molar-refractivity contribution in [3.05, 3.63) is 28.7 Å². The Morgan fingerprint density at radius 2 is 2.05 bits per heavy atom. The summed E-state index contributed by atoms with van der Waals surface area (Å²) in [6, 6.07) is 7.99. The molecule has 1 heterocycles. The molecule has 1 saturated heterocycles. The van der Waals surface area contributed by atoms with Crippen LogP contribution in [-0.4, -0.2) is 36.5 Å². The second-order valence-corrected chi connectivity index (χ2v) is 7.18. The summed E-state index contributed by atoms with van der Waals surface area (Å²) in [6.07, 6.45) is 3.64.